The summed E-state index contributed by atoms with van der Waals surface area (Å²) >= 11 is 1.65. The van der Waals surface area contributed by atoms with Crippen molar-refractivity contribution in [1.29, 1.82) is 0 Å². The van der Waals surface area contributed by atoms with E-state index < -0.39 is 11.7 Å². The van der Waals surface area contributed by atoms with E-state index in [0.717, 1.165) is 37.1 Å². The van der Waals surface area contributed by atoms with Crippen molar-refractivity contribution in [2.45, 2.75) is 19.1 Å². The molecule has 0 spiro atoms. The van der Waals surface area contributed by atoms with Crippen molar-refractivity contribution in [3.8, 4) is 0 Å². The molecular formula is C17H19F3N2S. The van der Waals surface area contributed by atoms with Gasteiger partial charge in [-0.3, -0.25) is 4.90 Å². The number of nitrogens with one attached hydrogen (secondary N) is 1. The molecule has 1 atom stereocenters. The van der Waals surface area contributed by atoms with Crippen molar-refractivity contribution in [3.05, 3.63) is 57.3 Å². The standard InChI is InChI=1S/C17H19F3N2S/c1-12-5-6-15(23-12)16(22-9-7-21-8-10-22)13-3-2-4-14(11-13)17(18,19)20/h2-6,11,16,21H,7-10H2,1H3. The fourth-order valence-electron chi connectivity index (χ4n) is 2.98. The van der Waals surface area contributed by atoms with Crippen LogP contribution in [-0.4, -0.2) is 31.1 Å². The van der Waals surface area contributed by atoms with Crippen LogP contribution in [0.2, 0.25) is 0 Å². The Morgan fingerprint density at radius 3 is 2.48 bits per heavy atom. The predicted octanol–water partition coefficient (Wildman–Crippen LogP) is 4.07. The molecule has 1 N–H and O–H groups in total. The lowest BCUT2D eigenvalue weighted by atomic mass is 10.00. The molecule has 2 heterocycles. The minimum Gasteiger partial charge on any atom is -0.314 e. The smallest absolute Gasteiger partial charge is 0.314 e. The number of hydrogen-bond donors (Lipinski definition) is 1. The van der Waals surface area contributed by atoms with Crippen molar-refractivity contribution in [3.63, 3.8) is 0 Å². The number of rotatable bonds is 3. The van der Waals surface area contributed by atoms with Crippen LogP contribution in [0.3, 0.4) is 0 Å². The predicted molar refractivity (Wildman–Crippen MR) is 86.8 cm³/mol. The van der Waals surface area contributed by atoms with Crippen LogP contribution in [0.4, 0.5) is 13.2 Å². The Hall–Kier alpha value is -1.37. The largest absolute Gasteiger partial charge is 0.416 e. The van der Waals surface area contributed by atoms with Gasteiger partial charge in [0.25, 0.3) is 0 Å². The summed E-state index contributed by atoms with van der Waals surface area (Å²) in [5, 5.41) is 3.30. The van der Waals surface area contributed by atoms with E-state index in [1.807, 2.05) is 19.1 Å². The molecule has 1 saturated heterocycles. The van der Waals surface area contributed by atoms with E-state index in [1.165, 1.54) is 17.0 Å². The van der Waals surface area contributed by atoms with Crippen LogP contribution >= 0.6 is 11.3 Å². The minimum absolute atomic E-state index is 0.113. The Bertz CT molecular complexity index is 660. The van der Waals surface area contributed by atoms with Crippen LogP contribution in [0.5, 0.6) is 0 Å². The highest BCUT2D eigenvalue weighted by Gasteiger charge is 2.32. The number of piperazine rings is 1. The van der Waals surface area contributed by atoms with Gasteiger partial charge in [-0.1, -0.05) is 12.1 Å². The summed E-state index contributed by atoms with van der Waals surface area (Å²) in [5.74, 6) is 0. The number of halogens is 3. The number of hydrogen-bond acceptors (Lipinski definition) is 3. The molecular weight excluding hydrogens is 321 g/mol. The third-order valence-electron chi connectivity index (χ3n) is 4.08. The number of aryl methyl sites for hydroxylation is 1. The van der Waals surface area contributed by atoms with E-state index in [1.54, 1.807) is 17.4 Å². The van der Waals surface area contributed by atoms with E-state index in [-0.39, 0.29) is 6.04 Å². The monoisotopic (exact) mass is 340 g/mol. The van der Waals surface area contributed by atoms with Gasteiger partial charge < -0.3 is 5.32 Å². The Balaban J connectivity index is 2.01. The molecule has 1 aliphatic rings. The van der Waals surface area contributed by atoms with Crippen LogP contribution in [0, 0.1) is 6.92 Å². The van der Waals surface area contributed by atoms with Crippen molar-refractivity contribution < 1.29 is 13.2 Å². The minimum atomic E-state index is -4.31. The molecule has 124 valence electrons. The van der Waals surface area contributed by atoms with Crippen LogP contribution in [-0.2, 0) is 6.18 Å². The summed E-state index contributed by atoms with van der Waals surface area (Å²) < 4.78 is 39.2. The van der Waals surface area contributed by atoms with Crippen LogP contribution < -0.4 is 5.32 Å². The third-order valence-corrected chi connectivity index (χ3v) is 5.13. The first-order valence-corrected chi connectivity index (χ1v) is 8.45. The Kier molecular flexibility index (Phi) is 4.75. The molecule has 0 amide bonds. The summed E-state index contributed by atoms with van der Waals surface area (Å²) in [4.78, 5) is 4.54. The normalized spacial score (nSPS) is 18.1. The average Bonchev–Trinajstić information content (AvgIpc) is 2.94. The fraction of sp³-hybridized carbons (Fsp3) is 0.412. The molecule has 0 bridgehead atoms. The van der Waals surface area contributed by atoms with E-state index in [4.69, 9.17) is 0 Å². The van der Waals surface area contributed by atoms with Gasteiger partial charge in [0, 0.05) is 35.9 Å². The van der Waals surface area contributed by atoms with Gasteiger partial charge in [-0.05, 0) is 36.8 Å². The molecule has 6 heteroatoms. The fourth-order valence-corrected chi connectivity index (χ4v) is 4.02. The number of thiophene rings is 1. The Morgan fingerprint density at radius 2 is 1.87 bits per heavy atom. The lowest BCUT2D eigenvalue weighted by molar-refractivity contribution is -0.137. The van der Waals surface area contributed by atoms with Gasteiger partial charge in [-0.25, -0.2) is 0 Å². The first-order valence-electron chi connectivity index (χ1n) is 7.63. The zero-order valence-corrected chi connectivity index (χ0v) is 13.7. The summed E-state index contributed by atoms with van der Waals surface area (Å²) in [5.41, 5.74) is 0.131. The molecule has 1 fully saturated rings. The van der Waals surface area contributed by atoms with Crippen molar-refractivity contribution in [1.82, 2.24) is 10.2 Å². The maximum atomic E-state index is 13.1. The molecule has 0 saturated carbocycles. The van der Waals surface area contributed by atoms with Crippen LogP contribution in [0.25, 0.3) is 0 Å². The molecule has 3 rings (SSSR count). The van der Waals surface area contributed by atoms with Crippen molar-refractivity contribution in [2.75, 3.05) is 26.2 Å². The number of alkyl halides is 3. The molecule has 0 radical (unpaired) electrons. The summed E-state index contributed by atoms with van der Waals surface area (Å²) in [7, 11) is 0. The van der Waals surface area contributed by atoms with Crippen molar-refractivity contribution >= 4 is 11.3 Å². The molecule has 2 nitrogen and oxygen atoms in total. The summed E-state index contributed by atoms with van der Waals surface area (Å²) in [6.07, 6.45) is -4.31. The van der Waals surface area contributed by atoms with Gasteiger partial charge in [0.15, 0.2) is 0 Å². The zero-order valence-electron chi connectivity index (χ0n) is 12.9. The van der Waals surface area contributed by atoms with Crippen molar-refractivity contribution in [2.24, 2.45) is 0 Å². The van der Waals surface area contributed by atoms with E-state index >= 15 is 0 Å². The van der Waals surface area contributed by atoms with Crippen LogP contribution in [0.15, 0.2) is 36.4 Å². The molecule has 1 aromatic heterocycles. The van der Waals surface area contributed by atoms with Crippen LogP contribution in [0.1, 0.15) is 26.9 Å². The Morgan fingerprint density at radius 1 is 1.13 bits per heavy atom. The molecule has 0 aliphatic carbocycles. The quantitative estimate of drug-likeness (QED) is 0.906. The number of nitrogens with zero attached hydrogens (tertiary/aromatic N) is 1. The number of benzene rings is 1. The second-order valence-corrected chi connectivity index (χ2v) is 7.08. The second-order valence-electron chi connectivity index (χ2n) is 5.76. The maximum absolute atomic E-state index is 13.1. The topological polar surface area (TPSA) is 15.3 Å². The molecule has 1 aromatic carbocycles. The van der Waals surface area contributed by atoms with Gasteiger partial charge in [0.05, 0.1) is 11.6 Å². The lowest BCUT2D eigenvalue weighted by Gasteiger charge is -2.35. The van der Waals surface area contributed by atoms with Gasteiger partial charge in [0.2, 0.25) is 0 Å². The van der Waals surface area contributed by atoms with Gasteiger partial charge in [0.1, 0.15) is 0 Å². The summed E-state index contributed by atoms with van der Waals surface area (Å²) in [6.45, 7) is 5.41. The zero-order chi connectivity index (χ0) is 16.4. The second kappa shape index (κ2) is 6.63. The van der Waals surface area contributed by atoms with E-state index in [2.05, 4.69) is 10.2 Å². The highest BCUT2D eigenvalue weighted by Crippen LogP contribution is 2.36. The van der Waals surface area contributed by atoms with Gasteiger partial charge in [-0.2, -0.15) is 13.2 Å². The average molecular weight is 340 g/mol. The molecule has 1 unspecified atom stereocenters. The van der Waals surface area contributed by atoms with Gasteiger partial charge in [-0.15, -0.1) is 11.3 Å². The summed E-state index contributed by atoms with van der Waals surface area (Å²) in [6, 6.07) is 9.69. The Labute approximate surface area is 137 Å². The first-order chi connectivity index (χ1) is 10.9. The molecule has 2 aromatic rings. The molecule has 23 heavy (non-hydrogen) atoms. The first kappa shape index (κ1) is 16.5. The third kappa shape index (κ3) is 3.76. The maximum Gasteiger partial charge on any atom is 0.416 e. The SMILES string of the molecule is Cc1ccc(C(c2cccc(C(F)(F)F)c2)N2CCNCC2)s1. The molecule has 1 aliphatic heterocycles. The van der Waals surface area contributed by atoms with E-state index in [9.17, 15) is 13.2 Å². The van der Waals surface area contributed by atoms with E-state index in [0.29, 0.717) is 5.56 Å². The highest BCUT2D eigenvalue weighted by atomic mass is 32.1. The van der Waals surface area contributed by atoms with Gasteiger partial charge >= 0.3 is 6.18 Å². The highest BCUT2D eigenvalue weighted by molar-refractivity contribution is 7.12. The lowest BCUT2D eigenvalue weighted by Crippen LogP contribution is -2.45.